The van der Waals surface area contributed by atoms with E-state index in [2.05, 4.69) is 42.5 Å². The molecule has 0 bridgehead atoms. The minimum Gasteiger partial charge on any atom is -0.508 e. The van der Waals surface area contributed by atoms with E-state index in [1.54, 1.807) is 48.5 Å². The SMILES string of the molecule is O=c1cc(C2C=CC=CC2)oc2cc(O)c(O)c(O)c12.Oc1ccc(C(C2=CC=CCC2)(c2ccccc2)c2ccc(O)cc2)cc1.Oc1ccc(Cc2ccc(O)c(O)c2O)cc1. The van der Waals surface area contributed by atoms with Crippen LogP contribution in [0.4, 0.5) is 0 Å². The normalized spacial score (nSPS) is 14.2. The number of phenolic OH excluding ortho intramolecular Hbond substituents is 9. The van der Waals surface area contributed by atoms with Crippen molar-refractivity contribution >= 4 is 11.0 Å². The zero-order chi connectivity index (χ0) is 45.4. The first-order valence-electron chi connectivity index (χ1n) is 20.4. The van der Waals surface area contributed by atoms with Gasteiger partial charge >= 0.3 is 0 Å². The molecule has 0 spiro atoms. The molecule has 0 fully saturated rings. The Morgan fingerprint density at radius 2 is 1.16 bits per heavy atom. The van der Waals surface area contributed by atoms with Gasteiger partial charge in [0.25, 0.3) is 0 Å². The predicted octanol–water partition coefficient (Wildman–Crippen LogP) is 10.3. The molecule has 7 aromatic rings. The minimum absolute atomic E-state index is 0.0447. The van der Waals surface area contributed by atoms with Gasteiger partial charge in [0.1, 0.15) is 34.0 Å². The molecule has 11 nitrogen and oxygen atoms in total. The van der Waals surface area contributed by atoms with Gasteiger partial charge in [0.2, 0.25) is 11.5 Å². The van der Waals surface area contributed by atoms with Gasteiger partial charge in [-0.05, 0) is 84.0 Å². The molecule has 2 aliphatic rings. The zero-order valence-corrected chi connectivity index (χ0v) is 34.4. The fourth-order valence-corrected chi connectivity index (χ4v) is 7.94. The van der Waals surface area contributed by atoms with Gasteiger partial charge in [-0.25, -0.2) is 0 Å². The molecule has 9 N–H and O–H groups in total. The number of phenols is 9. The van der Waals surface area contributed by atoms with Gasteiger partial charge in [0.15, 0.2) is 28.4 Å². The van der Waals surface area contributed by atoms with Gasteiger partial charge in [-0.15, -0.1) is 0 Å². The Hall–Kier alpha value is -8.31. The van der Waals surface area contributed by atoms with Crippen LogP contribution in [0, 0.1) is 0 Å². The van der Waals surface area contributed by atoms with Crippen molar-refractivity contribution in [2.75, 3.05) is 0 Å². The summed E-state index contributed by atoms with van der Waals surface area (Å²) in [6.07, 6.45) is 17.2. The fraction of sp³-hybridized carbons (Fsp3) is 0.113. The van der Waals surface area contributed by atoms with Crippen LogP contribution in [0.1, 0.15) is 58.8 Å². The second-order valence-corrected chi connectivity index (χ2v) is 15.3. The van der Waals surface area contributed by atoms with E-state index in [4.69, 9.17) is 9.52 Å². The first kappa shape index (κ1) is 43.8. The Bertz CT molecular complexity index is 2880. The maximum absolute atomic E-state index is 12.1. The summed E-state index contributed by atoms with van der Waals surface area (Å²) in [6.45, 7) is 0. The maximum Gasteiger partial charge on any atom is 0.201 e. The average Bonchev–Trinajstić information content (AvgIpc) is 3.32. The fourth-order valence-electron chi connectivity index (χ4n) is 7.94. The van der Waals surface area contributed by atoms with E-state index in [0.717, 1.165) is 35.6 Å². The summed E-state index contributed by atoms with van der Waals surface area (Å²) in [4.78, 5) is 12.1. The molecule has 1 unspecified atom stereocenters. The van der Waals surface area contributed by atoms with Crippen LogP contribution in [0.15, 0.2) is 185 Å². The molecule has 64 heavy (non-hydrogen) atoms. The monoisotopic (exact) mass is 858 g/mol. The molecule has 0 radical (unpaired) electrons. The van der Waals surface area contributed by atoms with Crippen molar-refractivity contribution in [2.45, 2.75) is 37.0 Å². The molecule has 1 aromatic heterocycles. The molecule has 1 heterocycles. The second kappa shape index (κ2) is 19.2. The predicted molar refractivity (Wildman–Crippen MR) is 244 cm³/mol. The van der Waals surface area contributed by atoms with Crippen LogP contribution in [-0.2, 0) is 11.8 Å². The van der Waals surface area contributed by atoms with Crippen molar-refractivity contribution < 1.29 is 50.4 Å². The van der Waals surface area contributed by atoms with Crippen molar-refractivity contribution in [1.29, 1.82) is 0 Å². The molecular weight excluding hydrogens is 813 g/mol. The summed E-state index contributed by atoms with van der Waals surface area (Å²) in [6, 6.07) is 37.2. The lowest BCUT2D eigenvalue weighted by Gasteiger charge is -2.39. The first-order chi connectivity index (χ1) is 30.9. The van der Waals surface area contributed by atoms with E-state index in [-0.39, 0.29) is 45.6 Å². The van der Waals surface area contributed by atoms with Crippen molar-refractivity contribution in [3.8, 4) is 51.7 Å². The molecule has 1 atom stereocenters. The molecule has 2 aliphatic carbocycles. The topological polar surface area (TPSA) is 212 Å². The van der Waals surface area contributed by atoms with E-state index in [9.17, 15) is 45.6 Å². The second-order valence-electron chi connectivity index (χ2n) is 15.3. The summed E-state index contributed by atoms with van der Waals surface area (Å²) in [5, 5.41) is 85.6. The van der Waals surface area contributed by atoms with Crippen molar-refractivity contribution in [3.63, 3.8) is 0 Å². The standard InChI is InChI=1S/C25H22O2.C15H12O5.C13H12O4/c26-23-15-11-21(12-16-23)25(19-7-3-1-4-8-19,20-9-5-2-6-10-20)22-13-17-24(27)18-14-22;16-9-6-11(8-4-2-1-3-5-8)20-12-7-10(17)14(18)15(19)13(9)12;14-10-4-1-8(2-5-10)7-9-3-6-11(15)13(17)12(9)16/h1-5,7-9,11-18,26-27H,6,10H2;1-4,6-8,17-19H,5H2;1-6,14-17H,7H2. The van der Waals surface area contributed by atoms with Crippen LogP contribution in [0.3, 0.4) is 0 Å². The summed E-state index contributed by atoms with van der Waals surface area (Å²) in [5.41, 5.74) is 5.15. The van der Waals surface area contributed by atoms with Gasteiger partial charge in [-0.3, -0.25) is 4.79 Å². The quantitative estimate of drug-likeness (QED) is 0.0543. The van der Waals surface area contributed by atoms with Gasteiger partial charge < -0.3 is 50.4 Å². The molecule has 9 rings (SSSR count). The number of rotatable bonds is 7. The first-order valence-corrected chi connectivity index (χ1v) is 20.4. The van der Waals surface area contributed by atoms with E-state index in [0.29, 0.717) is 24.2 Å². The third-order valence-corrected chi connectivity index (χ3v) is 11.2. The lowest BCUT2D eigenvalue weighted by molar-refractivity contribution is 0.365. The third kappa shape index (κ3) is 9.29. The molecule has 11 heteroatoms. The molecule has 0 saturated carbocycles. The van der Waals surface area contributed by atoms with E-state index in [1.165, 1.54) is 29.3 Å². The third-order valence-electron chi connectivity index (χ3n) is 11.2. The number of allylic oxidation sites excluding steroid dienone is 8. The Balaban J connectivity index is 0.000000148. The highest BCUT2D eigenvalue weighted by molar-refractivity contribution is 5.88. The molecule has 6 aromatic carbocycles. The summed E-state index contributed by atoms with van der Waals surface area (Å²) in [5.74, 6) is -2.04. The molecular formula is C53H46O11. The highest BCUT2D eigenvalue weighted by Crippen LogP contribution is 2.48. The molecule has 324 valence electrons. The Labute approximate surface area is 368 Å². The Morgan fingerprint density at radius 3 is 1.73 bits per heavy atom. The molecule has 0 aliphatic heterocycles. The lowest BCUT2D eigenvalue weighted by Crippen LogP contribution is -2.32. The van der Waals surface area contributed by atoms with Crippen LogP contribution in [0.25, 0.3) is 11.0 Å². The number of hydrogen-bond acceptors (Lipinski definition) is 11. The van der Waals surface area contributed by atoms with Gasteiger partial charge in [-0.1, -0.05) is 121 Å². The van der Waals surface area contributed by atoms with E-state index >= 15 is 0 Å². The van der Waals surface area contributed by atoms with E-state index in [1.807, 2.05) is 54.6 Å². The molecule has 0 saturated heterocycles. The van der Waals surface area contributed by atoms with Crippen molar-refractivity contribution in [2.24, 2.45) is 0 Å². The van der Waals surface area contributed by atoms with Crippen LogP contribution < -0.4 is 5.43 Å². The number of fused-ring (bicyclic) bond motifs is 1. The van der Waals surface area contributed by atoms with Crippen LogP contribution in [0.2, 0.25) is 0 Å². The summed E-state index contributed by atoms with van der Waals surface area (Å²) < 4.78 is 5.58. The molecule has 0 amide bonds. The Morgan fingerprint density at radius 1 is 0.562 bits per heavy atom. The van der Waals surface area contributed by atoms with Crippen LogP contribution in [-0.4, -0.2) is 46.0 Å². The van der Waals surface area contributed by atoms with Crippen LogP contribution in [0.5, 0.6) is 51.7 Å². The lowest BCUT2D eigenvalue weighted by atomic mass is 9.63. The largest absolute Gasteiger partial charge is 0.508 e. The summed E-state index contributed by atoms with van der Waals surface area (Å²) in [7, 11) is 0. The maximum atomic E-state index is 12.1. The van der Waals surface area contributed by atoms with Gasteiger partial charge in [0, 0.05) is 30.0 Å². The number of aromatic hydroxyl groups is 9. The highest BCUT2D eigenvalue weighted by Gasteiger charge is 2.40. The smallest absolute Gasteiger partial charge is 0.201 e. The average molecular weight is 859 g/mol. The van der Waals surface area contributed by atoms with Gasteiger partial charge in [0.05, 0.1) is 5.41 Å². The minimum atomic E-state index is -0.724. The van der Waals surface area contributed by atoms with Crippen molar-refractivity contribution in [1.82, 2.24) is 0 Å². The number of benzene rings is 6. The number of hydrogen-bond donors (Lipinski definition) is 9. The summed E-state index contributed by atoms with van der Waals surface area (Å²) >= 11 is 0. The highest BCUT2D eigenvalue weighted by atomic mass is 16.4. The Kier molecular flexibility index (Phi) is 13.1. The van der Waals surface area contributed by atoms with E-state index < -0.39 is 33.8 Å². The van der Waals surface area contributed by atoms with Gasteiger partial charge in [-0.2, -0.15) is 0 Å². The van der Waals surface area contributed by atoms with Crippen LogP contribution >= 0.6 is 0 Å². The zero-order valence-electron chi connectivity index (χ0n) is 34.4. The van der Waals surface area contributed by atoms with Crippen molar-refractivity contribution in [3.05, 3.63) is 219 Å².